The molecule has 3 atom stereocenters. The Labute approximate surface area is 97.6 Å². The molecule has 2 rings (SSSR count). The van der Waals surface area contributed by atoms with E-state index in [9.17, 15) is 0 Å². The lowest BCUT2D eigenvalue weighted by Crippen LogP contribution is -2.23. The lowest BCUT2D eigenvalue weighted by Gasteiger charge is -2.24. The second kappa shape index (κ2) is 5.46. The fourth-order valence-electron chi connectivity index (χ4n) is 2.33. The third-order valence-electron chi connectivity index (χ3n) is 3.29. The molecule has 0 unspecified atom stereocenters. The van der Waals surface area contributed by atoms with E-state index in [0.717, 1.165) is 6.42 Å². The van der Waals surface area contributed by atoms with Crippen LogP contribution in [0.4, 0.5) is 0 Å². The fourth-order valence-corrected chi connectivity index (χ4v) is 2.33. The van der Waals surface area contributed by atoms with Crippen LogP contribution in [0.2, 0.25) is 0 Å². The first-order valence-electron chi connectivity index (χ1n) is 6.04. The number of methoxy groups -OCH3 is 1. The average molecular weight is 220 g/mol. The standard InChI is InChI=1S/C14H20O2/c1-11-7-6-10-13(16-14(11)15-2)12-8-4-3-5-9-12/h3-5,8-9,11,13-14H,6-7,10H2,1-2H3/t11-,13+,14-/m0/s1. The molecule has 0 N–H and O–H groups in total. The summed E-state index contributed by atoms with van der Waals surface area (Å²) in [5, 5.41) is 0. The van der Waals surface area contributed by atoms with Crippen molar-refractivity contribution in [1.82, 2.24) is 0 Å². The van der Waals surface area contributed by atoms with E-state index in [0.29, 0.717) is 5.92 Å². The highest BCUT2D eigenvalue weighted by molar-refractivity contribution is 5.17. The Morgan fingerprint density at radius 3 is 2.62 bits per heavy atom. The lowest BCUT2D eigenvalue weighted by atomic mass is 10.0. The molecule has 0 spiro atoms. The van der Waals surface area contributed by atoms with Crippen molar-refractivity contribution in [3.05, 3.63) is 35.9 Å². The largest absolute Gasteiger partial charge is 0.356 e. The second-order valence-electron chi connectivity index (χ2n) is 4.55. The Balaban J connectivity index is 2.10. The van der Waals surface area contributed by atoms with E-state index in [1.807, 2.05) is 6.07 Å². The maximum Gasteiger partial charge on any atom is 0.160 e. The highest BCUT2D eigenvalue weighted by Gasteiger charge is 2.26. The van der Waals surface area contributed by atoms with Crippen LogP contribution in [0.5, 0.6) is 0 Å². The van der Waals surface area contributed by atoms with Crippen molar-refractivity contribution in [3.63, 3.8) is 0 Å². The van der Waals surface area contributed by atoms with Gasteiger partial charge in [0.2, 0.25) is 0 Å². The summed E-state index contributed by atoms with van der Waals surface area (Å²) in [6.07, 6.45) is 3.61. The van der Waals surface area contributed by atoms with E-state index < -0.39 is 0 Å². The average Bonchev–Trinajstić information content (AvgIpc) is 2.52. The summed E-state index contributed by atoms with van der Waals surface area (Å²) in [7, 11) is 1.73. The van der Waals surface area contributed by atoms with E-state index in [4.69, 9.17) is 9.47 Å². The van der Waals surface area contributed by atoms with Gasteiger partial charge < -0.3 is 9.47 Å². The Morgan fingerprint density at radius 1 is 1.19 bits per heavy atom. The molecule has 0 bridgehead atoms. The fraction of sp³-hybridized carbons (Fsp3) is 0.571. The molecular weight excluding hydrogens is 200 g/mol. The normalized spacial score (nSPS) is 31.0. The minimum Gasteiger partial charge on any atom is -0.356 e. The van der Waals surface area contributed by atoms with Crippen molar-refractivity contribution in [1.29, 1.82) is 0 Å². The summed E-state index contributed by atoms with van der Waals surface area (Å²) in [6, 6.07) is 10.4. The van der Waals surface area contributed by atoms with Crippen molar-refractivity contribution in [2.45, 2.75) is 38.6 Å². The summed E-state index contributed by atoms with van der Waals surface area (Å²) in [6.45, 7) is 2.20. The van der Waals surface area contributed by atoms with Crippen LogP contribution in [0.3, 0.4) is 0 Å². The van der Waals surface area contributed by atoms with Gasteiger partial charge in [0.15, 0.2) is 6.29 Å². The lowest BCUT2D eigenvalue weighted by molar-refractivity contribution is -0.175. The first-order valence-corrected chi connectivity index (χ1v) is 6.04. The zero-order chi connectivity index (χ0) is 11.4. The van der Waals surface area contributed by atoms with Crippen LogP contribution in [0.1, 0.15) is 37.9 Å². The summed E-state index contributed by atoms with van der Waals surface area (Å²) in [5.74, 6) is 0.485. The zero-order valence-electron chi connectivity index (χ0n) is 10.1. The monoisotopic (exact) mass is 220 g/mol. The van der Waals surface area contributed by atoms with Gasteiger partial charge in [-0.1, -0.05) is 43.7 Å². The van der Waals surface area contributed by atoms with Crippen LogP contribution in [0.25, 0.3) is 0 Å². The SMILES string of the molecule is CO[C@H]1O[C@@H](c2ccccc2)CCC[C@@H]1C. The highest BCUT2D eigenvalue weighted by Crippen LogP contribution is 2.32. The molecule has 1 aliphatic heterocycles. The van der Waals surface area contributed by atoms with Crippen LogP contribution >= 0.6 is 0 Å². The topological polar surface area (TPSA) is 18.5 Å². The Kier molecular flexibility index (Phi) is 3.97. The Hall–Kier alpha value is -0.860. The number of hydrogen-bond donors (Lipinski definition) is 0. The first kappa shape index (κ1) is 11.6. The Bertz CT molecular complexity index is 310. The van der Waals surface area contributed by atoms with E-state index in [1.165, 1.54) is 18.4 Å². The third kappa shape index (κ3) is 2.63. The molecule has 1 aromatic rings. The number of ether oxygens (including phenoxy) is 2. The molecule has 88 valence electrons. The molecule has 0 radical (unpaired) electrons. The molecule has 2 heteroatoms. The third-order valence-corrected chi connectivity index (χ3v) is 3.29. The summed E-state index contributed by atoms with van der Waals surface area (Å²) < 4.78 is 11.4. The molecule has 0 aliphatic carbocycles. The van der Waals surface area contributed by atoms with Gasteiger partial charge in [-0.3, -0.25) is 0 Å². The van der Waals surface area contributed by atoms with Crippen LogP contribution in [-0.2, 0) is 9.47 Å². The van der Waals surface area contributed by atoms with E-state index in [1.54, 1.807) is 7.11 Å². The first-order chi connectivity index (χ1) is 7.81. The smallest absolute Gasteiger partial charge is 0.160 e. The Morgan fingerprint density at radius 2 is 1.94 bits per heavy atom. The highest BCUT2D eigenvalue weighted by atomic mass is 16.7. The molecule has 1 heterocycles. The molecule has 1 aliphatic rings. The van der Waals surface area contributed by atoms with Gasteiger partial charge in [0.1, 0.15) is 0 Å². The molecule has 0 saturated carbocycles. The molecule has 16 heavy (non-hydrogen) atoms. The number of rotatable bonds is 2. The van der Waals surface area contributed by atoms with Crippen LogP contribution < -0.4 is 0 Å². The molecule has 2 nitrogen and oxygen atoms in total. The maximum atomic E-state index is 6.04. The van der Waals surface area contributed by atoms with Gasteiger partial charge in [0.25, 0.3) is 0 Å². The van der Waals surface area contributed by atoms with E-state index in [2.05, 4.69) is 31.2 Å². The van der Waals surface area contributed by atoms with Gasteiger partial charge in [0.05, 0.1) is 6.10 Å². The second-order valence-corrected chi connectivity index (χ2v) is 4.55. The van der Waals surface area contributed by atoms with Crippen molar-refractivity contribution >= 4 is 0 Å². The van der Waals surface area contributed by atoms with Gasteiger partial charge in [-0.15, -0.1) is 0 Å². The van der Waals surface area contributed by atoms with Crippen LogP contribution in [0, 0.1) is 5.92 Å². The van der Waals surface area contributed by atoms with Gasteiger partial charge in [-0.05, 0) is 18.4 Å². The number of benzene rings is 1. The van der Waals surface area contributed by atoms with Gasteiger partial charge in [-0.25, -0.2) is 0 Å². The van der Waals surface area contributed by atoms with E-state index in [-0.39, 0.29) is 12.4 Å². The van der Waals surface area contributed by atoms with Gasteiger partial charge >= 0.3 is 0 Å². The van der Waals surface area contributed by atoms with Crippen molar-refractivity contribution < 1.29 is 9.47 Å². The molecule has 0 amide bonds. The summed E-state index contributed by atoms with van der Waals surface area (Å²) >= 11 is 0. The molecule has 0 aromatic heterocycles. The predicted octanol–water partition coefficient (Wildman–Crippen LogP) is 3.54. The van der Waals surface area contributed by atoms with Crippen LogP contribution in [0.15, 0.2) is 30.3 Å². The van der Waals surface area contributed by atoms with Gasteiger partial charge in [0, 0.05) is 13.0 Å². The summed E-state index contributed by atoms with van der Waals surface area (Å²) in [5.41, 5.74) is 1.26. The van der Waals surface area contributed by atoms with Crippen molar-refractivity contribution in [3.8, 4) is 0 Å². The van der Waals surface area contributed by atoms with E-state index >= 15 is 0 Å². The predicted molar refractivity (Wildman–Crippen MR) is 64.1 cm³/mol. The minimum absolute atomic E-state index is 0.0623. The zero-order valence-corrected chi connectivity index (χ0v) is 10.1. The van der Waals surface area contributed by atoms with Gasteiger partial charge in [-0.2, -0.15) is 0 Å². The quantitative estimate of drug-likeness (QED) is 0.759. The van der Waals surface area contributed by atoms with Crippen molar-refractivity contribution in [2.24, 2.45) is 5.92 Å². The molecular formula is C14H20O2. The summed E-state index contributed by atoms with van der Waals surface area (Å²) in [4.78, 5) is 0. The van der Waals surface area contributed by atoms with Crippen LogP contribution in [-0.4, -0.2) is 13.4 Å². The van der Waals surface area contributed by atoms with Crippen molar-refractivity contribution in [2.75, 3.05) is 7.11 Å². The minimum atomic E-state index is -0.0623. The molecule has 1 aromatic carbocycles. The maximum absolute atomic E-state index is 6.04. The molecule has 1 fully saturated rings. The molecule has 1 saturated heterocycles. The number of hydrogen-bond acceptors (Lipinski definition) is 2.